The van der Waals surface area contributed by atoms with E-state index in [0.29, 0.717) is 11.6 Å². The van der Waals surface area contributed by atoms with Gasteiger partial charge in [0.05, 0.1) is 23.6 Å². The Labute approximate surface area is 317 Å². The van der Waals surface area contributed by atoms with Crippen molar-refractivity contribution in [2.24, 2.45) is 0 Å². The zero-order valence-corrected chi connectivity index (χ0v) is 29.6. The van der Waals surface area contributed by atoms with Crippen molar-refractivity contribution >= 4 is 53.3 Å². The standard InChI is InChI=1S/C48H32N4S/c1-48(2)36-20-11-9-19-34(36)42-37(48)27-26-33-32-18-10-12-21-38(32)52(44(33)42)39-22-13-23-40-43(39)35-25-24-31(28-41(35)53-40)47-50-45(29-14-5-3-6-15-29)49-46(51-47)30-16-7-4-8-17-30/h3-28H,1-2H3/i3D,5D,6D,14D,15D. The Morgan fingerprint density at radius 1 is 0.566 bits per heavy atom. The van der Waals surface area contributed by atoms with Gasteiger partial charge in [0.1, 0.15) is 0 Å². The number of hydrogen-bond donors (Lipinski definition) is 0. The minimum absolute atomic E-state index is 0.0169. The van der Waals surface area contributed by atoms with Crippen molar-refractivity contribution in [1.82, 2.24) is 19.5 Å². The van der Waals surface area contributed by atoms with Crippen LogP contribution >= 0.6 is 11.3 Å². The molecule has 0 saturated carbocycles. The number of fused-ring (bicyclic) bond motifs is 10. The van der Waals surface area contributed by atoms with Gasteiger partial charge in [-0.1, -0.05) is 147 Å². The summed E-state index contributed by atoms with van der Waals surface area (Å²) >= 11 is 1.70. The highest BCUT2D eigenvalue weighted by Gasteiger charge is 2.37. The molecule has 0 amide bonds. The average molecular weight is 702 g/mol. The number of aromatic nitrogens is 4. The summed E-state index contributed by atoms with van der Waals surface area (Å²) < 4.78 is 46.8. The second kappa shape index (κ2) is 11.3. The Hall–Kier alpha value is -6.43. The maximum atomic E-state index is 8.70. The molecule has 3 aromatic heterocycles. The van der Waals surface area contributed by atoms with Crippen LogP contribution in [0.2, 0.25) is 0 Å². The highest BCUT2D eigenvalue weighted by atomic mass is 32.1. The summed E-state index contributed by atoms with van der Waals surface area (Å²) in [5.74, 6) is 0.701. The average Bonchev–Trinajstić information content (AvgIpc) is 3.88. The summed E-state index contributed by atoms with van der Waals surface area (Å²) in [4.78, 5) is 14.4. The van der Waals surface area contributed by atoms with E-state index >= 15 is 0 Å². The van der Waals surface area contributed by atoms with Crippen molar-refractivity contribution in [3.05, 3.63) is 169 Å². The van der Waals surface area contributed by atoms with Gasteiger partial charge in [-0.05, 0) is 41.0 Å². The predicted molar refractivity (Wildman–Crippen MR) is 221 cm³/mol. The fourth-order valence-corrected chi connectivity index (χ4v) is 9.49. The van der Waals surface area contributed by atoms with E-state index < -0.39 is 18.1 Å². The summed E-state index contributed by atoms with van der Waals surface area (Å²) in [5, 5.41) is 4.68. The van der Waals surface area contributed by atoms with E-state index in [0.717, 1.165) is 42.5 Å². The smallest absolute Gasteiger partial charge is 0.164 e. The topological polar surface area (TPSA) is 43.6 Å². The van der Waals surface area contributed by atoms with Gasteiger partial charge in [0.15, 0.2) is 17.5 Å². The van der Waals surface area contributed by atoms with E-state index in [1.54, 1.807) is 11.3 Å². The molecule has 1 aliphatic rings. The second-order valence-electron chi connectivity index (χ2n) is 14.0. The molecule has 10 aromatic rings. The summed E-state index contributed by atoms with van der Waals surface area (Å²) in [6, 6.07) is 42.2. The number of rotatable bonds is 4. The van der Waals surface area contributed by atoms with Crippen LogP contribution in [0, 0.1) is 0 Å². The molecule has 0 unspecified atom stereocenters. The third-order valence-corrected chi connectivity index (χ3v) is 11.9. The third-order valence-electron chi connectivity index (χ3n) is 10.7. The van der Waals surface area contributed by atoms with E-state index in [9.17, 15) is 0 Å². The number of thiophene rings is 1. The largest absolute Gasteiger partial charge is 0.308 e. The highest BCUT2D eigenvalue weighted by molar-refractivity contribution is 7.26. The first kappa shape index (κ1) is 25.5. The van der Waals surface area contributed by atoms with Crippen molar-refractivity contribution in [3.8, 4) is 51.0 Å². The Morgan fingerprint density at radius 3 is 2.13 bits per heavy atom. The van der Waals surface area contributed by atoms with Crippen LogP contribution in [0.5, 0.6) is 0 Å². The third kappa shape index (κ3) is 4.44. The predicted octanol–water partition coefficient (Wildman–Crippen LogP) is 12.6. The number of para-hydroxylation sites is 1. The molecule has 4 nitrogen and oxygen atoms in total. The fourth-order valence-electron chi connectivity index (χ4n) is 8.32. The van der Waals surface area contributed by atoms with E-state index in [1.165, 1.54) is 38.5 Å². The maximum Gasteiger partial charge on any atom is 0.164 e. The van der Waals surface area contributed by atoms with Gasteiger partial charge in [-0.2, -0.15) is 0 Å². The molecule has 7 aromatic carbocycles. The Kier molecular flexibility index (Phi) is 5.43. The van der Waals surface area contributed by atoms with Crippen LogP contribution in [-0.2, 0) is 5.41 Å². The first-order chi connectivity index (χ1) is 28.1. The first-order valence-electron chi connectivity index (χ1n) is 20.1. The van der Waals surface area contributed by atoms with E-state index in [1.807, 2.05) is 36.4 Å². The van der Waals surface area contributed by atoms with Gasteiger partial charge >= 0.3 is 0 Å². The van der Waals surface area contributed by atoms with Gasteiger partial charge in [0.2, 0.25) is 0 Å². The molecule has 0 fully saturated rings. The lowest BCUT2D eigenvalue weighted by atomic mass is 9.82. The van der Waals surface area contributed by atoms with Crippen LogP contribution in [0.4, 0.5) is 0 Å². The molecule has 250 valence electrons. The van der Waals surface area contributed by atoms with Gasteiger partial charge < -0.3 is 4.57 Å². The molecule has 53 heavy (non-hydrogen) atoms. The van der Waals surface area contributed by atoms with Crippen molar-refractivity contribution in [2.45, 2.75) is 19.3 Å². The zero-order chi connectivity index (χ0) is 39.6. The molecule has 0 atom stereocenters. The SMILES string of the molecule is [2H]c1c([2H])c([2H])c(-c2nc(-c3ccccc3)nc(-c3ccc4c(c3)sc3cccc(-n5c6ccccc6c6ccc7c(c65)-c5ccccc5C7(C)C)c34)n2)c([2H])c1[2H]. The van der Waals surface area contributed by atoms with E-state index in [-0.39, 0.29) is 28.9 Å². The van der Waals surface area contributed by atoms with Crippen LogP contribution in [0.3, 0.4) is 0 Å². The molecule has 0 N–H and O–H groups in total. The summed E-state index contributed by atoms with van der Waals surface area (Å²) in [6.45, 7) is 4.65. The Bertz CT molecular complexity index is 3360. The van der Waals surface area contributed by atoms with Crippen LogP contribution in [0.15, 0.2) is 158 Å². The Morgan fingerprint density at radius 2 is 1.28 bits per heavy atom. The number of nitrogens with zero attached hydrogens (tertiary/aromatic N) is 4. The molecule has 1 aliphatic carbocycles. The van der Waals surface area contributed by atoms with Crippen LogP contribution < -0.4 is 0 Å². The van der Waals surface area contributed by atoms with Crippen molar-refractivity contribution in [2.75, 3.05) is 0 Å². The summed E-state index contributed by atoms with van der Waals surface area (Å²) in [5.41, 5.74) is 9.92. The van der Waals surface area contributed by atoms with Crippen molar-refractivity contribution in [3.63, 3.8) is 0 Å². The highest BCUT2D eigenvalue weighted by Crippen LogP contribution is 2.53. The van der Waals surface area contributed by atoms with Gasteiger partial charge in [-0.25, -0.2) is 15.0 Å². The molecule has 11 rings (SSSR count). The van der Waals surface area contributed by atoms with E-state index in [4.69, 9.17) is 16.8 Å². The van der Waals surface area contributed by atoms with Crippen LogP contribution in [0.1, 0.15) is 31.8 Å². The quantitative estimate of drug-likeness (QED) is 0.183. The Balaban J connectivity index is 1.15. The van der Waals surface area contributed by atoms with Crippen molar-refractivity contribution < 1.29 is 6.85 Å². The van der Waals surface area contributed by atoms with Crippen molar-refractivity contribution in [1.29, 1.82) is 0 Å². The molecule has 0 radical (unpaired) electrons. The minimum atomic E-state index is -0.468. The second-order valence-corrected chi connectivity index (χ2v) is 15.1. The lowest BCUT2D eigenvalue weighted by Gasteiger charge is -2.21. The lowest BCUT2D eigenvalue weighted by molar-refractivity contribution is 0.661. The van der Waals surface area contributed by atoms with Gasteiger partial charge in [-0.3, -0.25) is 0 Å². The molecule has 0 saturated heterocycles. The number of hydrogen-bond acceptors (Lipinski definition) is 4. The molecular formula is C48H32N4S. The zero-order valence-electron chi connectivity index (χ0n) is 33.8. The molecular weight excluding hydrogens is 665 g/mol. The van der Waals surface area contributed by atoms with Crippen LogP contribution in [0.25, 0.3) is 93.0 Å². The molecule has 3 heterocycles. The summed E-state index contributed by atoms with van der Waals surface area (Å²) in [6.07, 6.45) is 0. The normalized spacial score (nSPS) is 14.6. The summed E-state index contributed by atoms with van der Waals surface area (Å²) in [7, 11) is 0. The first-order valence-corrected chi connectivity index (χ1v) is 18.4. The molecule has 0 spiro atoms. The van der Waals surface area contributed by atoms with Gasteiger partial charge in [-0.15, -0.1) is 11.3 Å². The lowest BCUT2D eigenvalue weighted by Crippen LogP contribution is -2.14. The molecule has 0 aliphatic heterocycles. The molecule has 0 bridgehead atoms. The number of benzene rings is 7. The van der Waals surface area contributed by atoms with Gasteiger partial charge in [0.25, 0.3) is 0 Å². The molecule has 5 heteroatoms. The van der Waals surface area contributed by atoms with Crippen LogP contribution in [-0.4, -0.2) is 19.5 Å². The van der Waals surface area contributed by atoms with E-state index in [2.05, 4.69) is 114 Å². The maximum absolute atomic E-state index is 8.70. The van der Waals surface area contributed by atoms with Gasteiger partial charge in [0, 0.05) is 58.6 Å². The minimum Gasteiger partial charge on any atom is -0.308 e. The monoisotopic (exact) mass is 701 g/mol. The fraction of sp³-hybridized carbons (Fsp3) is 0.0625.